The van der Waals surface area contributed by atoms with Gasteiger partial charge in [0.05, 0.1) is 5.36 Å². The van der Waals surface area contributed by atoms with Crippen LogP contribution in [0.3, 0.4) is 0 Å². The molecule has 1 N–H and O–H groups in total. The summed E-state index contributed by atoms with van der Waals surface area (Å²) in [6.45, 7) is 3.70. The zero-order chi connectivity index (χ0) is 7.68. The first kappa shape index (κ1) is 6.16. The van der Waals surface area contributed by atoms with E-state index in [1.807, 2.05) is 30.5 Å². The average Bonchev–Trinajstić information content (AvgIpc) is 2.04. The number of fused-ring (bicyclic) bond motifs is 1. The minimum absolute atomic E-state index is 0.698. The number of nitrogens with zero attached hydrogens (tertiary/aromatic N) is 1. The van der Waals surface area contributed by atoms with Crippen molar-refractivity contribution < 1.29 is 0 Å². The van der Waals surface area contributed by atoms with Crippen molar-refractivity contribution in [2.24, 2.45) is 4.99 Å². The Hall–Kier alpha value is -1.57. The number of benzene rings is 1. The molecule has 1 aromatic rings. The van der Waals surface area contributed by atoms with E-state index in [-0.39, 0.29) is 0 Å². The van der Waals surface area contributed by atoms with Gasteiger partial charge >= 0.3 is 0 Å². The van der Waals surface area contributed by atoms with Crippen molar-refractivity contribution in [3.05, 3.63) is 47.2 Å². The van der Waals surface area contributed by atoms with E-state index in [1.165, 1.54) is 0 Å². The first-order chi connectivity index (χ1) is 5.36. The molecule has 54 valence electrons. The third-order valence-electron chi connectivity index (χ3n) is 1.59. The minimum Gasteiger partial charge on any atom is -0.346 e. The van der Waals surface area contributed by atoms with Gasteiger partial charge in [-0.05, 0) is 6.07 Å². The van der Waals surface area contributed by atoms with E-state index in [4.69, 9.17) is 0 Å². The average molecular weight is 144 g/mol. The molecule has 0 amide bonds. The fourth-order valence-corrected chi connectivity index (χ4v) is 1.05. The van der Waals surface area contributed by atoms with Crippen LogP contribution in [0.5, 0.6) is 0 Å². The number of para-hydroxylation sites is 1. The minimum atomic E-state index is 0.698. The summed E-state index contributed by atoms with van der Waals surface area (Å²) in [7, 11) is 0. The van der Waals surface area contributed by atoms with Crippen LogP contribution < -0.4 is 15.9 Å². The molecule has 2 nitrogen and oxygen atoms in total. The predicted molar refractivity (Wildman–Crippen MR) is 44.0 cm³/mol. The van der Waals surface area contributed by atoms with Crippen LogP contribution in [0.1, 0.15) is 0 Å². The predicted octanol–water partition coefficient (Wildman–Crippen LogP) is 0.119. The Kier molecular flexibility index (Phi) is 1.25. The summed E-state index contributed by atoms with van der Waals surface area (Å²) in [6.07, 6.45) is 1.91. The quantitative estimate of drug-likeness (QED) is 0.549. The lowest BCUT2D eigenvalue weighted by Gasteiger charge is -2.03. The Labute approximate surface area is 64.6 Å². The van der Waals surface area contributed by atoms with Gasteiger partial charge in [-0.3, -0.25) is 0 Å². The third kappa shape index (κ3) is 1.03. The lowest BCUT2D eigenvalue weighted by Crippen LogP contribution is -2.31. The molecule has 1 aliphatic heterocycles. The molecule has 1 aliphatic rings. The smallest absolute Gasteiger partial charge is 0.123 e. The van der Waals surface area contributed by atoms with Gasteiger partial charge < -0.3 is 5.32 Å². The molecule has 1 heterocycles. The molecule has 0 aliphatic carbocycles. The van der Waals surface area contributed by atoms with E-state index in [2.05, 4.69) is 16.9 Å². The van der Waals surface area contributed by atoms with Crippen molar-refractivity contribution >= 4 is 6.20 Å². The van der Waals surface area contributed by atoms with E-state index >= 15 is 0 Å². The van der Waals surface area contributed by atoms with Gasteiger partial charge in [0.2, 0.25) is 0 Å². The first-order valence-corrected chi connectivity index (χ1v) is 3.46. The highest BCUT2D eigenvalue weighted by Gasteiger charge is 1.93. The van der Waals surface area contributed by atoms with Crippen LogP contribution in [-0.2, 0) is 0 Å². The molecule has 0 spiro atoms. The van der Waals surface area contributed by atoms with Crippen molar-refractivity contribution in [1.82, 2.24) is 5.32 Å². The summed E-state index contributed by atoms with van der Waals surface area (Å²) < 4.78 is 0. The van der Waals surface area contributed by atoms with Crippen molar-refractivity contribution in [1.29, 1.82) is 0 Å². The van der Waals surface area contributed by atoms with Gasteiger partial charge in [0.15, 0.2) is 0 Å². The Morgan fingerprint density at radius 2 is 2.09 bits per heavy atom. The summed E-state index contributed by atoms with van der Waals surface area (Å²) in [5.41, 5.74) is 0. The monoisotopic (exact) mass is 144 g/mol. The molecule has 11 heavy (non-hydrogen) atoms. The molecule has 0 unspecified atom stereocenters. The van der Waals surface area contributed by atoms with Crippen LogP contribution in [0.4, 0.5) is 0 Å². The molecule has 1 aromatic carbocycles. The molecule has 0 bridgehead atoms. The number of rotatable bonds is 0. The van der Waals surface area contributed by atoms with Gasteiger partial charge in [0, 0.05) is 11.4 Å². The van der Waals surface area contributed by atoms with Gasteiger partial charge in [-0.25, -0.2) is 4.99 Å². The second-order valence-electron chi connectivity index (χ2n) is 2.41. The van der Waals surface area contributed by atoms with Crippen molar-refractivity contribution in [2.75, 3.05) is 0 Å². The van der Waals surface area contributed by atoms with E-state index in [1.54, 1.807) is 0 Å². The van der Waals surface area contributed by atoms with E-state index in [0.717, 1.165) is 10.6 Å². The fraction of sp³-hybridized carbons (Fsp3) is 0. The fourth-order valence-electron chi connectivity index (χ4n) is 1.05. The number of nitrogens with one attached hydrogen (secondary N) is 1. The van der Waals surface area contributed by atoms with Crippen LogP contribution >= 0.6 is 0 Å². The summed E-state index contributed by atoms with van der Waals surface area (Å²) in [6, 6.07) is 7.94. The summed E-state index contributed by atoms with van der Waals surface area (Å²) >= 11 is 0. The largest absolute Gasteiger partial charge is 0.346 e. The van der Waals surface area contributed by atoms with Crippen molar-refractivity contribution in [3.63, 3.8) is 0 Å². The molecule has 0 atom stereocenters. The van der Waals surface area contributed by atoms with Gasteiger partial charge in [0.25, 0.3) is 0 Å². The van der Waals surface area contributed by atoms with Crippen LogP contribution in [0.15, 0.2) is 41.7 Å². The summed E-state index contributed by atoms with van der Waals surface area (Å²) in [4.78, 5) is 4.21. The Morgan fingerprint density at radius 3 is 3.00 bits per heavy atom. The molecule has 0 fully saturated rings. The Bertz CT molecular complexity index is 404. The standard InChI is InChI=1S/C9H8N2/c1-7-10-6-8-4-2-3-5-9(8)11-7/h2-6,10H,1H2. The highest BCUT2D eigenvalue weighted by molar-refractivity contribution is 5.28. The lowest BCUT2D eigenvalue weighted by molar-refractivity contribution is 1.01. The molecule has 0 saturated heterocycles. The van der Waals surface area contributed by atoms with Crippen LogP contribution in [0.25, 0.3) is 6.20 Å². The molecule has 0 aromatic heterocycles. The van der Waals surface area contributed by atoms with E-state index in [9.17, 15) is 0 Å². The van der Waals surface area contributed by atoms with E-state index < -0.39 is 0 Å². The highest BCUT2D eigenvalue weighted by Crippen LogP contribution is 1.86. The lowest BCUT2D eigenvalue weighted by atomic mass is 10.3. The van der Waals surface area contributed by atoms with Gasteiger partial charge in [-0.2, -0.15) is 0 Å². The van der Waals surface area contributed by atoms with Crippen molar-refractivity contribution in [3.8, 4) is 0 Å². The van der Waals surface area contributed by atoms with Gasteiger partial charge in [0.1, 0.15) is 5.82 Å². The SMILES string of the molecule is C=C1N=c2ccccc2=CN1. The molecule has 0 saturated carbocycles. The van der Waals surface area contributed by atoms with Gasteiger partial charge in [-0.1, -0.05) is 24.8 Å². The molecule has 2 heteroatoms. The second-order valence-corrected chi connectivity index (χ2v) is 2.41. The zero-order valence-electron chi connectivity index (χ0n) is 6.04. The van der Waals surface area contributed by atoms with Crippen molar-refractivity contribution in [2.45, 2.75) is 0 Å². The first-order valence-electron chi connectivity index (χ1n) is 3.46. The summed E-state index contributed by atoms with van der Waals surface area (Å²) in [5.74, 6) is 0.698. The topological polar surface area (TPSA) is 24.4 Å². The van der Waals surface area contributed by atoms with Crippen LogP contribution in [0.2, 0.25) is 0 Å². The molecular weight excluding hydrogens is 136 g/mol. The normalized spacial score (nSPS) is 14.0. The zero-order valence-corrected chi connectivity index (χ0v) is 6.04. The Balaban J connectivity index is 2.83. The maximum absolute atomic E-state index is 4.21. The second kappa shape index (κ2) is 2.23. The molecular formula is C9H8N2. The van der Waals surface area contributed by atoms with Gasteiger partial charge in [-0.15, -0.1) is 0 Å². The highest BCUT2D eigenvalue weighted by atomic mass is 15.0. The maximum Gasteiger partial charge on any atom is 0.123 e. The number of hydrogen-bond donors (Lipinski definition) is 1. The summed E-state index contributed by atoms with van der Waals surface area (Å²) in [5, 5.41) is 5.05. The van der Waals surface area contributed by atoms with Crippen LogP contribution in [0, 0.1) is 0 Å². The van der Waals surface area contributed by atoms with Crippen LogP contribution in [-0.4, -0.2) is 0 Å². The Morgan fingerprint density at radius 1 is 1.27 bits per heavy atom. The molecule has 0 radical (unpaired) electrons. The maximum atomic E-state index is 4.21. The third-order valence-corrected chi connectivity index (χ3v) is 1.59. The molecule has 2 rings (SSSR count). The number of hydrogen-bond acceptors (Lipinski definition) is 2. The van der Waals surface area contributed by atoms with E-state index in [0.29, 0.717) is 5.82 Å².